The van der Waals surface area contributed by atoms with Crippen molar-refractivity contribution in [1.82, 2.24) is 15.1 Å². The summed E-state index contributed by atoms with van der Waals surface area (Å²) in [6.07, 6.45) is -0.0877. The molecule has 3 rings (SSSR count). The molecule has 0 aliphatic rings. The first kappa shape index (κ1) is 19.9. The number of amides is 1. The molecule has 0 fully saturated rings. The van der Waals surface area contributed by atoms with Crippen LogP contribution in [0.1, 0.15) is 21.7 Å². The summed E-state index contributed by atoms with van der Waals surface area (Å²) in [5, 5.41) is 15.9. The lowest BCUT2D eigenvalue weighted by Gasteiger charge is -2.16. The smallest absolute Gasteiger partial charge is 0.374 e. The van der Waals surface area contributed by atoms with Crippen LogP contribution in [0.4, 0.5) is 4.39 Å². The minimum Gasteiger partial charge on any atom is -0.475 e. The van der Waals surface area contributed by atoms with Crippen LogP contribution in [-0.4, -0.2) is 38.6 Å². The van der Waals surface area contributed by atoms with Gasteiger partial charge < -0.3 is 10.4 Å². The van der Waals surface area contributed by atoms with Gasteiger partial charge in [-0.1, -0.05) is 30.3 Å². The molecule has 148 valence electrons. The summed E-state index contributed by atoms with van der Waals surface area (Å²) >= 11 is 0. The van der Waals surface area contributed by atoms with Gasteiger partial charge >= 0.3 is 5.97 Å². The molecule has 1 amide bonds. The third-order valence-corrected chi connectivity index (χ3v) is 4.25. The Morgan fingerprint density at radius 2 is 1.76 bits per heavy atom. The standard InChI is InChI=1S/C21H18FN3O4/c1-13-11-18(25(24-13)16-5-3-2-4-6-16)20(27)23-17(19(26)21(28)29)12-14-7-9-15(22)10-8-14/h2-11,17H,12H2,1H3,(H,23,27)(H,28,29). The fraction of sp³-hybridized carbons (Fsp3) is 0.143. The van der Waals surface area contributed by atoms with Gasteiger partial charge in [-0.15, -0.1) is 0 Å². The van der Waals surface area contributed by atoms with Crippen LogP contribution in [0.3, 0.4) is 0 Å². The first-order valence-corrected chi connectivity index (χ1v) is 8.79. The molecule has 2 aromatic carbocycles. The zero-order valence-corrected chi connectivity index (χ0v) is 15.5. The van der Waals surface area contributed by atoms with Gasteiger partial charge in [0, 0.05) is 6.42 Å². The molecule has 0 aliphatic heterocycles. The summed E-state index contributed by atoms with van der Waals surface area (Å²) in [5.74, 6) is -3.92. The van der Waals surface area contributed by atoms with Crippen LogP contribution in [0.25, 0.3) is 5.69 Å². The Labute approximate surface area is 165 Å². The first-order chi connectivity index (χ1) is 13.8. The van der Waals surface area contributed by atoms with Crippen LogP contribution in [0.5, 0.6) is 0 Å². The molecule has 1 unspecified atom stereocenters. The molecule has 2 N–H and O–H groups in total. The van der Waals surface area contributed by atoms with E-state index in [0.717, 1.165) is 0 Å². The summed E-state index contributed by atoms with van der Waals surface area (Å²) in [7, 11) is 0. The number of hydrogen-bond acceptors (Lipinski definition) is 4. The number of aryl methyl sites for hydroxylation is 1. The molecule has 0 spiro atoms. The Hall–Kier alpha value is -3.81. The quantitative estimate of drug-likeness (QED) is 0.598. The molecular weight excluding hydrogens is 377 g/mol. The van der Waals surface area contributed by atoms with E-state index in [9.17, 15) is 18.8 Å². The molecule has 1 aromatic heterocycles. The Bertz CT molecular complexity index is 1050. The Morgan fingerprint density at radius 3 is 2.38 bits per heavy atom. The molecule has 0 bridgehead atoms. The molecule has 0 aliphatic carbocycles. The summed E-state index contributed by atoms with van der Waals surface area (Å²) in [6.45, 7) is 1.72. The van der Waals surface area contributed by atoms with Gasteiger partial charge in [-0.25, -0.2) is 13.9 Å². The number of carboxylic acid groups (broad SMARTS) is 1. The third kappa shape index (κ3) is 4.73. The van der Waals surface area contributed by atoms with Gasteiger partial charge in [-0.2, -0.15) is 5.10 Å². The van der Waals surface area contributed by atoms with E-state index in [-0.39, 0.29) is 12.1 Å². The van der Waals surface area contributed by atoms with Crippen molar-refractivity contribution >= 4 is 17.7 Å². The number of carboxylic acids is 1. The van der Waals surface area contributed by atoms with Crippen molar-refractivity contribution < 1.29 is 23.9 Å². The number of benzene rings is 2. The fourth-order valence-electron chi connectivity index (χ4n) is 2.87. The highest BCUT2D eigenvalue weighted by atomic mass is 19.1. The number of ketones is 1. The van der Waals surface area contributed by atoms with Crippen LogP contribution >= 0.6 is 0 Å². The van der Waals surface area contributed by atoms with Gasteiger partial charge in [0.25, 0.3) is 11.7 Å². The molecule has 29 heavy (non-hydrogen) atoms. The number of nitrogens with one attached hydrogen (secondary N) is 1. The topological polar surface area (TPSA) is 101 Å². The fourth-order valence-corrected chi connectivity index (χ4v) is 2.87. The van der Waals surface area contributed by atoms with Crippen LogP contribution < -0.4 is 5.32 Å². The average molecular weight is 395 g/mol. The largest absolute Gasteiger partial charge is 0.475 e. The van der Waals surface area contributed by atoms with Crippen LogP contribution in [-0.2, 0) is 16.0 Å². The summed E-state index contributed by atoms with van der Waals surface area (Å²) in [5.41, 5.74) is 1.90. The average Bonchev–Trinajstić information content (AvgIpc) is 3.11. The van der Waals surface area contributed by atoms with Gasteiger partial charge in [0.2, 0.25) is 0 Å². The van der Waals surface area contributed by atoms with E-state index in [4.69, 9.17) is 5.11 Å². The zero-order valence-electron chi connectivity index (χ0n) is 15.5. The molecule has 1 atom stereocenters. The molecule has 0 radical (unpaired) electrons. The van der Waals surface area contributed by atoms with E-state index < -0.39 is 29.5 Å². The predicted octanol–water partition coefficient (Wildman–Crippen LogP) is 2.31. The highest BCUT2D eigenvalue weighted by Gasteiger charge is 2.28. The lowest BCUT2D eigenvalue weighted by molar-refractivity contribution is -0.149. The van der Waals surface area contributed by atoms with Crippen molar-refractivity contribution in [3.63, 3.8) is 0 Å². The maximum atomic E-state index is 13.1. The lowest BCUT2D eigenvalue weighted by Crippen LogP contribution is -2.45. The van der Waals surface area contributed by atoms with E-state index in [1.165, 1.54) is 28.9 Å². The molecule has 1 heterocycles. The Morgan fingerprint density at radius 1 is 1.10 bits per heavy atom. The molecule has 8 heteroatoms. The second-order valence-electron chi connectivity index (χ2n) is 6.44. The number of rotatable bonds is 7. The number of aromatic nitrogens is 2. The molecule has 0 saturated carbocycles. The number of nitrogens with zero attached hydrogens (tertiary/aromatic N) is 2. The SMILES string of the molecule is Cc1cc(C(=O)NC(Cc2ccc(F)cc2)C(=O)C(=O)O)n(-c2ccccc2)n1. The number of aliphatic carboxylic acids is 1. The van der Waals surface area contributed by atoms with Crippen molar-refractivity contribution in [2.24, 2.45) is 0 Å². The van der Waals surface area contributed by atoms with E-state index in [1.807, 2.05) is 6.07 Å². The maximum Gasteiger partial charge on any atom is 0.374 e. The van der Waals surface area contributed by atoms with Gasteiger partial charge in [0.1, 0.15) is 17.6 Å². The number of carbonyl (C=O) groups is 3. The van der Waals surface area contributed by atoms with E-state index in [0.29, 0.717) is 16.9 Å². The Balaban J connectivity index is 1.88. The number of hydrogen-bond donors (Lipinski definition) is 2. The highest BCUT2D eigenvalue weighted by Crippen LogP contribution is 2.14. The monoisotopic (exact) mass is 395 g/mol. The second kappa shape index (κ2) is 8.47. The summed E-state index contributed by atoms with van der Waals surface area (Å²) < 4.78 is 14.5. The predicted molar refractivity (Wildman–Crippen MR) is 102 cm³/mol. The molecular formula is C21H18FN3O4. The van der Waals surface area contributed by atoms with E-state index >= 15 is 0 Å². The summed E-state index contributed by atoms with van der Waals surface area (Å²) in [4.78, 5) is 36.2. The number of halogens is 1. The minimum absolute atomic E-state index is 0.0877. The van der Waals surface area contributed by atoms with Crippen molar-refractivity contribution in [3.8, 4) is 5.69 Å². The second-order valence-corrected chi connectivity index (χ2v) is 6.44. The number of carbonyl (C=O) groups excluding carboxylic acids is 2. The number of Topliss-reactive ketones (excluding diaryl/α,β-unsaturated/α-hetero) is 1. The van der Waals surface area contributed by atoms with Gasteiger partial charge in [-0.05, 0) is 42.8 Å². The molecule has 7 nitrogen and oxygen atoms in total. The summed E-state index contributed by atoms with van der Waals surface area (Å²) in [6, 6.07) is 14.4. The number of para-hydroxylation sites is 1. The lowest BCUT2D eigenvalue weighted by atomic mass is 10.0. The van der Waals surface area contributed by atoms with E-state index in [2.05, 4.69) is 10.4 Å². The van der Waals surface area contributed by atoms with Gasteiger partial charge in [0.15, 0.2) is 0 Å². The molecule has 3 aromatic rings. The first-order valence-electron chi connectivity index (χ1n) is 8.79. The van der Waals surface area contributed by atoms with Crippen molar-refractivity contribution in [3.05, 3.63) is 83.4 Å². The zero-order chi connectivity index (χ0) is 21.0. The van der Waals surface area contributed by atoms with Crippen LogP contribution in [0, 0.1) is 12.7 Å². The van der Waals surface area contributed by atoms with Crippen LogP contribution in [0.15, 0.2) is 60.7 Å². The van der Waals surface area contributed by atoms with Crippen LogP contribution in [0.2, 0.25) is 0 Å². The minimum atomic E-state index is -1.66. The van der Waals surface area contributed by atoms with Gasteiger partial charge in [0.05, 0.1) is 11.4 Å². The van der Waals surface area contributed by atoms with Crippen molar-refractivity contribution in [2.45, 2.75) is 19.4 Å². The van der Waals surface area contributed by atoms with Gasteiger partial charge in [-0.3, -0.25) is 9.59 Å². The molecule has 0 saturated heterocycles. The maximum absolute atomic E-state index is 13.1. The Kier molecular flexibility index (Phi) is 5.82. The third-order valence-electron chi connectivity index (χ3n) is 4.25. The van der Waals surface area contributed by atoms with E-state index in [1.54, 1.807) is 37.3 Å². The van der Waals surface area contributed by atoms with Crippen molar-refractivity contribution in [1.29, 1.82) is 0 Å². The van der Waals surface area contributed by atoms with Crippen molar-refractivity contribution in [2.75, 3.05) is 0 Å². The normalized spacial score (nSPS) is 11.7. The highest BCUT2D eigenvalue weighted by molar-refractivity contribution is 6.35.